The van der Waals surface area contributed by atoms with Gasteiger partial charge in [0, 0.05) is 0 Å². The minimum atomic E-state index is 0.0525. The summed E-state index contributed by atoms with van der Waals surface area (Å²) in [6.45, 7) is 0.845. The summed E-state index contributed by atoms with van der Waals surface area (Å²) in [7, 11) is 3.43. The van der Waals surface area contributed by atoms with Gasteiger partial charge in [-0.15, -0.1) is 0 Å². The molecule has 0 radical (unpaired) electrons. The molecule has 0 fully saturated rings. The number of likely N-dealkylation sites (N-methyl/N-ethyl adjacent to an activating group) is 1. The monoisotopic (exact) mass is 215 g/mol. The highest BCUT2D eigenvalue weighted by Gasteiger charge is 2.10. The zero-order chi connectivity index (χ0) is 10.6. The van der Waals surface area contributed by atoms with Gasteiger partial charge in [-0.25, -0.2) is 0 Å². The number of rotatable bonds is 4. The molecule has 14 heavy (non-hydrogen) atoms. The van der Waals surface area contributed by atoms with Crippen LogP contribution < -0.4 is 10.1 Å². The SMILES string of the molecule is CNCCc1ccc(O)c(Cl)c1OC. The van der Waals surface area contributed by atoms with Crippen molar-refractivity contribution in [3.05, 3.63) is 22.7 Å². The van der Waals surface area contributed by atoms with Crippen LogP contribution in [0.5, 0.6) is 11.5 Å². The van der Waals surface area contributed by atoms with Gasteiger partial charge < -0.3 is 15.2 Å². The van der Waals surface area contributed by atoms with Crippen LogP contribution in [0.25, 0.3) is 0 Å². The summed E-state index contributed by atoms with van der Waals surface area (Å²) in [5, 5.41) is 12.7. The number of benzene rings is 1. The molecule has 0 saturated carbocycles. The Labute approximate surface area is 88.7 Å². The van der Waals surface area contributed by atoms with Gasteiger partial charge in [0.25, 0.3) is 0 Å². The molecule has 0 aliphatic heterocycles. The lowest BCUT2D eigenvalue weighted by Gasteiger charge is -2.10. The Balaban J connectivity index is 2.98. The maximum atomic E-state index is 9.35. The third-order valence-electron chi connectivity index (χ3n) is 2.01. The van der Waals surface area contributed by atoms with Gasteiger partial charge in [-0.3, -0.25) is 0 Å². The molecule has 0 aliphatic carbocycles. The molecule has 0 atom stereocenters. The van der Waals surface area contributed by atoms with E-state index in [1.54, 1.807) is 13.2 Å². The summed E-state index contributed by atoms with van der Waals surface area (Å²) >= 11 is 5.88. The maximum Gasteiger partial charge on any atom is 0.144 e. The first-order valence-electron chi connectivity index (χ1n) is 4.39. The molecule has 1 aromatic rings. The Morgan fingerprint density at radius 2 is 2.21 bits per heavy atom. The molecular formula is C10H14ClNO2. The summed E-state index contributed by atoms with van der Waals surface area (Å²) in [4.78, 5) is 0. The third-order valence-corrected chi connectivity index (χ3v) is 2.37. The zero-order valence-corrected chi connectivity index (χ0v) is 9.06. The average molecular weight is 216 g/mol. The van der Waals surface area contributed by atoms with E-state index in [4.69, 9.17) is 16.3 Å². The second kappa shape index (κ2) is 5.08. The molecule has 0 saturated heterocycles. The number of phenols is 1. The first kappa shape index (κ1) is 11.1. The quantitative estimate of drug-likeness (QED) is 0.805. The van der Waals surface area contributed by atoms with Gasteiger partial charge in [0.1, 0.15) is 16.5 Å². The topological polar surface area (TPSA) is 41.5 Å². The summed E-state index contributed by atoms with van der Waals surface area (Å²) in [5.74, 6) is 0.610. The van der Waals surface area contributed by atoms with Crippen molar-refractivity contribution in [2.75, 3.05) is 20.7 Å². The molecule has 78 valence electrons. The van der Waals surface area contributed by atoms with Crippen molar-refractivity contribution in [3.63, 3.8) is 0 Å². The predicted octanol–water partition coefficient (Wildman–Crippen LogP) is 1.82. The van der Waals surface area contributed by atoms with E-state index in [1.807, 2.05) is 13.1 Å². The van der Waals surface area contributed by atoms with E-state index in [9.17, 15) is 5.11 Å². The molecule has 3 nitrogen and oxygen atoms in total. The van der Waals surface area contributed by atoms with Crippen LogP contribution in [-0.4, -0.2) is 25.8 Å². The molecule has 0 aromatic heterocycles. The Kier molecular flexibility index (Phi) is 4.04. The van der Waals surface area contributed by atoms with Crippen molar-refractivity contribution < 1.29 is 9.84 Å². The Hall–Kier alpha value is -0.930. The number of nitrogens with one attached hydrogen (secondary N) is 1. The Morgan fingerprint density at radius 3 is 2.79 bits per heavy atom. The van der Waals surface area contributed by atoms with E-state index in [0.717, 1.165) is 18.5 Å². The van der Waals surface area contributed by atoms with E-state index >= 15 is 0 Å². The van der Waals surface area contributed by atoms with Crippen molar-refractivity contribution in [3.8, 4) is 11.5 Å². The fourth-order valence-electron chi connectivity index (χ4n) is 1.26. The molecule has 0 aliphatic rings. The second-order valence-corrected chi connectivity index (χ2v) is 3.32. The predicted molar refractivity (Wildman–Crippen MR) is 57.3 cm³/mol. The molecule has 0 heterocycles. The fraction of sp³-hybridized carbons (Fsp3) is 0.400. The van der Waals surface area contributed by atoms with Crippen LogP contribution >= 0.6 is 11.6 Å². The molecule has 0 bridgehead atoms. The molecule has 1 rings (SSSR count). The van der Waals surface area contributed by atoms with E-state index in [1.165, 1.54) is 0 Å². The summed E-state index contributed by atoms with van der Waals surface area (Å²) in [5.41, 5.74) is 0.990. The first-order valence-corrected chi connectivity index (χ1v) is 4.77. The average Bonchev–Trinajstić information content (AvgIpc) is 2.20. The lowest BCUT2D eigenvalue weighted by Crippen LogP contribution is -2.11. The molecule has 2 N–H and O–H groups in total. The molecule has 0 spiro atoms. The number of phenolic OH excluding ortho intramolecular Hbond substituents is 1. The number of ether oxygens (including phenoxy) is 1. The second-order valence-electron chi connectivity index (χ2n) is 2.94. The van der Waals surface area contributed by atoms with Crippen molar-refractivity contribution in [1.29, 1.82) is 0 Å². The van der Waals surface area contributed by atoms with Crippen molar-refractivity contribution in [1.82, 2.24) is 5.32 Å². The highest BCUT2D eigenvalue weighted by molar-refractivity contribution is 6.33. The van der Waals surface area contributed by atoms with E-state index in [0.29, 0.717) is 5.75 Å². The lowest BCUT2D eigenvalue weighted by atomic mass is 10.1. The summed E-state index contributed by atoms with van der Waals surface area (Å²) in [6.07, 6.45) is 0.819. The first-order chi connectivity index (χ1) is 6.70. The molecule has 1 aromatic carbocycles. The Bertz CT molecular complexity index is 315. The minimum Gasteiger partial charge on any atom is -0.506 e. The van der Waals surface area contributed by atoms with Gasteiger partial charge in [-0.1, -0.05) is 17.7 Å². The molecule has 0 amide bonds. The number of hydrogen-bond acceptors (Lipinski definition) is 3. The van der Waals surface area contributed by atoms with Crippen LogP contribution in [-0.2, 0) is 6.42 Å². The zero-order valence-electron chi connectivity index (χ0n) is 8.30. The number of aromatic hydroxyl groups is 1. The summed E-state index contributed by atoms with van der Waals surface area (Å²) in [6, 6.07) is 3.40. The largest absolute Gasteiger partial charge is 0.506 e. The van der Waals surface area contributed by atoms with Crippen molar-refractivity contribution >= 4 is 11.6 Å². The van der Waals surface area contributed by atoms with E-state index < -0.39 is 0 Å². The maximum absolute atomic E-state index is 9.35. The smallest absolute Gasteiger partial charge is 0.144 e. The van der Waals surface area contributed by atoms with Crippen LogP contribution in [0.15, 0.2) is 12.1 Å². The van der Waals surface area contributed by atoms with Crippen LogP contribution in [0, 0.1) is 0 Å². The van der Waals surface area contributed by atoms with E-state index in [-0.39, 0.29) is 10.8 Å². The van der Waals surface area contributed by atoms with Gasteiger partial charge in [-0.05, 0) is 31.6 Å². The van der Waals surface area contributed by atoms with Crippen LogP contribution in [0.4, 0.5) is 0 Å². The molecule has 0 unspecified atom stereocenters. The highest BCUT2D eigenvalue weighted by atomic mass is 35.5. The van der Waals surface area contributed by atoms with Crippen LogP contribution in [0.3, 0.4) is 0 Å². The van der Waals surface area contributed by atoms with Crippen molar-refractivity contribution in [2.24, 2.45) is 0 Å². The van der Waals surface area contributed by atoms with Gasteiger partial charge >= 0.3 is 0 Å². The number of halogens is 1. The normalized spacial score (nSPS) is 10.2. The summed E-state index contributed by atoms with van der Waals surface area (Å²) < 4.78 is 5.13. The van der Waals surface area contributed by atoms with Gasteiger partial charge in [0.15, 0.2) is 0 Å². The molecular weight excluding hydrogens is 202 g/mol. The van der Waals surface area contributed by atoms with Crippen molar-refractivity contribution in [2.45, 2.75) is 6.42 Å². The van der Waals surface area contributed by atoms with Crippen LogP contribution in [0.2, 0.25) is 5.02 Å². The number of methoxy groups -OCH3 is 1. The number of hydrogen-bond donors (Lipinski definition) is 2. The highest BCUT2D eigenvalue weighted by Crippen LogP contribution is 2.36. The molecule has 4 heteroatoms. The lowest BCUT2D eigenvalue weighted by molar-refractivity contribution is 0.403. The minimum absolute atomic E-state index is 0.0525. The van der Waals surface area contributed by atoms with Crippen LogP contribution in [0.1, 0.15) is 5.56 Å². The van der Waals surface area contributed by atoms with Gasteiger partial charge in [0.2, 0.25) is 0 Å². The van der Waals surface area contributed by atoms with Gasteiger partial charge in [0.05, 0.1) is 7.11 Å². The standard InChI is InChI=1S/C10H14ClNO2/c1-12-6-5-7-3-4-8(13)9(11)10(7)14-2/h3-4,12-13H,5-6H2,1-2H3. The van der Waals surface area contributed by atoms with Gasteiger partial charge in [-0.2, -0.15) is 0 Å². The third kappa shape index (κ3) is 2.30. The fourth-order valence-corrected chi connectivity index (χ4v) is 1.52. The van der Waals surface area contributed by atoms with E-state index in [2.05, 4.69) is 5.32 Å². The Morgan fingerprint density at radius 1 is 1.50 bits per heavy atom.